The Balaban J connectivity index is 1.49. The van der Waals surface area contributed by atoms with Gasteiger partial charge < -0.3 is 10.4 Å². The van der Waals surface area contributed by atoms with Gasteiger partial charge in [-0.1, -0.05) is 40.8 Å². The van der Waals surface area contributed by atoms with Gasteiger partial charge in [0.2, 0.25) is 0 Å². The summed E-state index contributed by atoms with van der Waals surface area (Å²) in [6, 6.07) is 6.59. The smallest absolute Gasteiger partial charge is 0.328 e. The number of rotatable bonds is 7. The molecule has 0 unspecified atom stereocenters. The number of aliphatic carboxylic acids is 1. The standard InChI is InChI=1S/C24H23Cl2N7O3/c1-13(31-27-2)28-10-20(24(35)36)30-23(34)21-18(25)8-16-12-33(6-5-17(16)22(21)26)11-14-3-4-15-9-29-32-19(15)7-14/h3-4,7-9,20H,5-6,10-12H2,1H3,(H,28,31)(H,29,32)(H,30,34)(H,35,36)/t20-/m0/s1. The van der Waals surface area contributed by atoms with Gasteiger partial charge in [-0.3, -0.25) is 19.8 Å². The molecule has 36 heavy (non-hydrogen) atoms. The molecule has 2 heterocycles. The second kappa shape index (κ2) is 11.0. The lowest BCUT2D eigenvalue weighted by Gasteiger charge is -2.30. The minimum absolute atomic E-state index is 0.0430. The molecule has 0 spiro atoms. The molecular formula is C24H23Cl2N7O3. The van der Waals surface area contributed by atoms with Crippen molar-refractivity contribution in [2.24, 2.45) is 4.99 Å². The van der Waals surface area contributed by atoms with E-state index in [-0.39, 0.29) is 28.0 Å². The van der Waals surface area contributed by atoms with E-state index in [4.69, 9.17) is 29.8 Å². The van der Waals surface area contributed by atoms with Gasteiger partial charge >= 0.3 is 5.97 Å². The largest absolute Gasteiger partial charge is 0.480 e. The van der Waals surface area contributed by atoms with Gasteiger partial charge in [0, 0.05) is 25.0 Å². The average molecular weight is 528 g/mol. The maximum Gasteiger partial charge on any atom is 0.328 e. The number of hydrogen-bond acceptors (Lipinski definition) is 5. The van der Waals surface area contributed by atoms with E-state index in [9.17, 15) is 14.7 Å². The predicted octanol–water partition coefficient (Wildman–Crippen LogP) is 3.45. The van der Waals surface area contributed by atoms with Gasteiger partial charge in [0.25, 0.3) is 5.91 Å². The number of benzene rings is 2. The zero-order valence-electron chi connectivity index (χ0n) is 19.3. The van der Waals surface area contributed by atoms with Crippen molar-refractivity contribution in [3.63, 3.8) is 0 Å². The predicted molar refractivity (Wildman–Crippen MR) is 137 cm³/mol. The molecule has 1 aliphatic heterocycles. The molecule has 1 atom stereocenters. The first-order valence-electron chi connectivity index (χ1n) is 11.1. The minimum atomic E-state index is -1.31. The zero-order valence-corrected chi connectivity index (χ0v) is 20.8. The van der Waals surface area contributed by atoms with Crippen LogP contribution >= 0.6 is 23.2 Å². The van der Waals surface area contributed by atoms with Gasteiger partial charge in [-0.25, -0.2) is 4.79 Å². The third-order valence-corrected chi connectivity index (χ3v) is 6.67. The van der Waals surface area contributed by atoms with Crippen LogP contribution < -0.4 is 10.7 Å². The highest BCUT2D eigenvalue weighted by molar-refractivity contribution is 6.40. The number of hydrogen-bond donors (Lipinski definition) is 4. The lowest BCUT2D eigenvalue weighted by molar-refractivity contribution is -0.138. The molecule has 4 rings (SSSR count). The molecule has 10 nitrogen and oxygen atoms in total. The van der Waals surface area contributed by atoms with Crippen LogP contribution in [0.5, 0.6) is 0 Å². The van der Waals surface area contributed by atoms with Crippen LogP contribution in [0.1, 0.15) is 34.0 Å². The minimum Gasteiger partial charge on any atom is -0.480 e. The van der Waals surface area contributed by atoms with Crippen molar-refractivity contribution in [2.75, 3.05) is 13.1 Å². The van der Waals surface area contributed by atoms with Crippen molar-refractivity contribution in [1.29, 1.82) is 0 Å². The van der Waals surface area contributed by atoms with Crippen LogP contribution in [0.3, 0.4) is 0 Å². The molecule has 0 saturated heterocycles. The van der Waals surface area contributed by atoms with E-state index in [1.807, 2.05) is 6.07 Å². The number of amides is 1. The van der Waals surface area contributed by atoms with Gasteiger partial charge in [0.15, 0.2) is 5.84 Å². The lowest BCUT2D eigenvalue weighted by atomic mass is 9.96. The van der Waals surface area contributed by atoms with Gasteiger partial charge in [-0.05, 0) is 42.2 Å². The zero-order chi connectivity index (χ0) is 25.8. The number of nitrogens with zero attached hydrogens (tertiary/aromatic N) is 4. The summed E-state index contributed by atoms with van der Waals surface area (Å²) in [5.74, 6) is -1.72. The van der Waals surface area contributed by atoms with Crippen molar-refractivity contribution >= 4 is 51.8 Å². The van der Waals surface area contributed by atoms with Crippen LogP contribution in [-0.2, 0) is 24.3 Å². The number of aliphatic imine (C=N–C) groups is 1. The van der Waals surface area contributed by atoms with E-state index < -0.39 is 17.9 Å². The Morgan fingerprint density at radius 1 is 1.36 bits per heavy atom. The quantitative estimate of drug-likeness (QED) is 0.161. The molecule has 3 aromatic rings. The highest BCUT2D eigenvalue weighted by Crippen LogP contribution is 2.35. The third kappa shape index (κ3) is 5.60. The maximum absolute atomic E-state index is 13.0. The van der Waals surface area contributed by atoms with Crippen molar-refractivity contribution in [3.8, 4) is 0 Å². The van der Waals surface area contributed by atoms with Gasteiger partial charge in [0.1, 0.15) is 6.04 Å². The summed E-state index contributed by atoms with van der Waals surface area (Å²) in [5.41, 5.74) is 6.21. The number of carboxylic acids is 1. The molecule has 1 amide bonds. The molecule has 186 valence electrons. The van der Waals surface area contributed by atoms with Crippen molar-refractivity contribution < 1.29 is 14.7 Å². The number of nitrogens with one attached hydrogen (secondary N) is 3. The number of fused-ring (bicyclic) bond motifs is 2. The fourth-order valence-corrected chi connectivity index (χ4v) is 4.92. The van der Waals surface area contributed by atoms with Crippen molar-refractivity contribution in [3.05, 3.63) is 74.3 Å². The van der Waals surface area contributed by atoms with Crippen LogP contribution in [0, 0.1) is 6.57 Å². The number of halogens is 2. The van der Waals surface area contributed by atoms with Crippen molar-refractivity contribution in [2.45, 2.75) is 32.5 Å². The van der Waals surface area contributed by atoms with E-state index in [0.29, 0.717) is 13.0 Å². The molecule has 0 fully saturated rings. The van der Waals surface area contributed by atoms with E-state index in [1.165, 1.54) is 6.92 Å². The first-order chi connectivity index (χ1) is 17.3. The average Bonchev–Trinajstić information content (AvgIpc) is 3.29. The number of carbonyl (C=O) groups is 2. The summed E-state index contributed by atoms with van der Waals surface area (Å²) in [6.45, 7) is 10.1. The number of amidine groups is 1. The molecule has 0 radical (unpaired) electrons. The van der Waals surface area contributed by atoms with Gasteiger partial charge in [0.05, 0.1) is 33.9 Å². The molecule has 4 N–H and O–H groups in total. The lowest BCUT2D eigenvalue weighted by Crippen LogP contribution is -2.43. The molecular weight excluding hydrogens is 505 g/mol. The van der Waals surface area contributed by atoms with Crippen LogP contribution in [-0.4, -0.2) is 57.0 Å². The SMILES string of the molecule is [C-]#[N+]NC(C)=NC[C@H](NC(=O)c1c(Cl)cc2c(c1Cl)CCN(Cc1ccc3cn[nH]c3c1)C2)C(=O)O. The summed E-state index contributed by atoms with van der Waals surface area (Å²) in [7, 11) is 0. The summed E-state index contributed by atoms with van der Waals surface area (Å²) >= 11 is 13.1. The summed E-state index contributed by atoms with van der Waals surface area (Å²) in [5, 5.41) is 20.4. The highest BCUT2D eigenvalue weighted by atomic mass is 35.5. The molecule has 1 aliphatic rings. The van der Waals surface area contributed by atoms with E-state index in [1.54, 1.807) is 12.3 Å². The number of carboxylic acid groups (broad SMARTS) is 1. The second-order valence-electron chi connectivity index (χ2n) is 8.45. The van der Waals surface area contributed by atoms with Crippen LogP contribution in [0.4, 0.5) is 0 Å². The molecule has 0 aliphatic carbocycles. The fraction of sp³-hybridized carbons (Fsp3) is 0.292. The summed E-state index contributed by atoms with van der Waals surface area (Å²) in [6.07, 6.45) is 2.40. The topological polar surface area (TPSA) is 127 Å². The summed E-state index contributed by atoms with van der Waals surface area (Å²) in [4.78, 5) is 33.8. The summed E-state index contributed by atoms with van der Waals surface area (Å²) < 4.78 is 0. The Kier molecular flexibility index (Phi) is 7.74. The Labute approximate surface area is 217 Å². The number of carbonyl (C=O) groups excluding carboxylic acids is 1. The van der Waals surface area contributed by atoms with Gasteiger partial charge in [-0.15, -0.1) is 0 Å². The molecule has 12 heteroatoms. The van der Waals surface area contributed by atoms with Gasteiger partial charge in [-0.2, -0.15) is 16.6 Å². The first kappa shape index (κ1) is 25.4. The first-order valence-corrected chi connectivity index (χ1v) is 11.8. The normalized spacial score (nSPS) is 14.7. The van der Waals surface area contributed by atoms with E-state index in [0.717, 1.165) is 40.7 Å². The van der Waals surface area contributed by atoms with Crippen LogP contribution in [0.2, 0.25) is 10.0 Å². The van der Waals surface area contributed by atoms with Crippen LogP contribution in [0.15, 0.2) is 35.5 Å². The van der Waals surface area contributed by atoms with E-state index in [2.05, 4.69) is 47.9 Å². The number of aromatic amines is 1. The Bertz CT molecular complexity index is 1400. The number of H-pyrrole nitrogens is 1. The Morgan fingerprint density at radius 3 is 2.92 bits per heavy atom. The molecule has 1 aromatic heterocycles. The molecule has 0 bridgehead atoms. The molecule has 0 saturated carbocycles. The maximum atomic E-state index is 13.0. The van der Waals surface area contributed by atoms with Crippen LogP contribution in [0.25, 0.3) is 15.9 Å². The Morgan fingerprint density at radius 2 is 2.17 bits per heavy atom. The van der Waals surface area contributed by atoms with Crippen molar-refractivity contribution in [1.82, 2.24) is 25.8 Å². The number of aromatic nitrogens is 2. The molecule has 2 aromatic carbocycles. The third-order valence-electron chi connectivity index (χ3n) is 5.96. The monoisotopic (exact) mass is 527 g/mol. The Hall–Kier alpha value is -3.65. The fourth-order valence-electron chi connectivity index (χ4n) is 4.15. The highest BCUT2D eigenvalue weighted by Gasteiger charge is 2.28. The second-order valence-corrected chi connectivity index (χ2v) is 9.24. The van der Waals surface area contributed by atoms with E-state index >= 15 is 0 Å².